The van der Waals surface area contributed by atoms with Gasteiger partial charge in [-0.15, -0.1) is 0 Å². The average molecular weight is 180 g/mol. The van der Waals surface area contributed by atoms with E-state index in [2.05, 4.69) is 23.2 Å². The van der Waals surface area contributed by atoms with Crippen LogP contribution in [0.5, 0.6) is 0 Å². The molecule has 0 fully saturated rings. The first-order chi connectivity index (χ1) is 5.83. The van der Waals surface area contributed by atoms with Crippen LogP contribution in [-0.2, 0) is 6.42 Å². The molecule has 2 aromatic rings. The highest BCUT2D eigenvalue weighted by Crippen LogP contribution is 2.24. The van der Waals surface area contributed by atoms with Crippen molar-refractivity contribution in [2.75, 3.05) is 0 Å². The van der Waals surface area contributed by atoms with Crippen molar-refractivity contribution in [3.63, 3.8) is 0 Å². The largest absolute Gasteiger partial charge is 0.335 e. The van der Waals surface area contributed by atoms with Gasteiger partial charge in [-0.1, -0.05) is 24.6 Å². The Morgan fingerprint density at radius 3 is 3.17 bits per heavy atom. The lowest BCUT2D eigenvalue weighted by Crippen LogP contribution is -1.82. The number of aromatic amines is 1. The van der Waals surface area contributed by atoms with Gasteiger partial charge < -0.3 is 4.98 Å². The molecular weight excluding hydrogens is 172 g/mol. The summed E-state index contributed by atoms with van der Waals surface area (Å²) in [4.78, 5) is 6.91. The summed E-state index contributed by atoms with van der Waals surface area (Å²) in [5.74, 6) is 0. The maximum atomic E-state index is 6.08. The lowest BCUT2D eigenvalue weighted by molar-refractivity contribution is 1.14. The summed E-state index contributed by atoms with van der Waals surface area (Å²) in [5, 5.41) is 0.743. The molecule has 0 unspecified atom stereocenters. The Labute approximate surface area is 75.6 Å². The topological polar surface area (TPSA) is 28.7 Å². The van der Waals surface area contributed by atoms with E-state index in [-0.39, 0.29) is 0 Å². The Morgan fingerprint density at radius 2 is 2.42 bits per heavy atom. The van der Waals surface area contributed by atoms with Crippen molar-refractivity contribution in [2.24, 2.45) is 0 Å². The summed E-state index contributed by atoms with van der Waals surface area (Å²) in [5.41, 5.74) is 2.89. The van der Waals surface area contributed by atoms with Crippen LogP contribution in [0.15, 0.2) is 12.1 Å². The number of nitrogens with zero attached hydrogens (tertiary/aromatic N) is 1. The zero-order valence-corrected chi connectivity index (χ0v) is 7.44. The first-order valence-electron chi connectivity index (χ1n) is 3.86. The minimum Gasteiger partial charge on any atom is -0.335 e. The highest BCUT2D eigenvalue weighted by atomic mass is 35.5. The minimum atomic E-state index is 0.743. The molecule has 0 aliphatic rings. The van der Waals surface area contributed by atoms with Crippen LogP contribution in [0.25, 0.3) is 11.0 Å². The van der Waals surface area contributed by atoms with Gasteiger partial charge in [0.05, 0.1) is 10.5 Å². The number of nitrogens with one attached hydrogen (secondary N) is 1. The van der Waals surface area contributed by atoms with Crippen molar-refractivity contribution >= 4 is 22.6 Å². The van der Waals surface area contributed by atoms with E-state index >= 15 is 0 Å². The molecule has 2 rings (SSSR count). The van der Waals surface area contributed by atoms with Gasteiger partial charge in [-0.05, 0) is 18.1 Å². The summed E-state index contributed by atoms with van der Waals surface area (Å²) in [7, 11) is 0. The molecule has 1 aromatic heterocycles. The van der Waals surface area contributed by atoms with Crippen molar-refractivity contribution in [3.8, 4) is 0 Å². The van der Waals surface area contributed by atoms with E-state index in [1.165, 1.54) is 0 Å². The van der Waals surface area contributed by atoms with E-state index in [0.29, 0.717) is 0 Å². The molecule has 0 spiro atoms. The van der Waals surface area contributed by atoms with E-state index in [1.54, 1.807) is 0 Å². The van der Waals surface area contributed by atoms with Gasteiger partial charge in [0.15, 0.2) is 6.33 Å². The first-order valence-corrected chi connectivity index (χ1v) is 4.24. The van der Waals surface area contributed by atoms with Crippen molar-refractivity contribution in [1.29, 1.82) is 0 Å². The van der Waals surface area contributed by atoms with E-state index in [4.69, 9.17) is 11.6 Å². The Hall–Kier alpha value is -1.02. The van der Waals surface area contributed by atoms with E-state index in [1.807, 2.05) is 12.1 Å². The molecule has 0 saturated heterocycles. The molecule has 1 heterocycles. The second kappa shape index (κ2) is 2.79. The molecule has 12 heavy (non-hydrogen) atoms. The summed E-state index contributed by atoms with van der Waals surface area (Å²) < 4.78 is 0. The van der Waals surface area contributed by atoms with Crippen LogP contribution in [0, 0.1) is 6.33 Å². The third-order valence-corrected chi connectivity index (χ3v) is 2.36. The summed E-state index contributed by atoms with van der Waals surface area (Å²) in [6.07, 6.45) is 3.60. The molecule has 0 atom stereocenters. The van der Waals surface area contributed by atoms with Gasteiger partial charge in [-0.3, -0.25) is 0 Å². The number of benzene rings is 1. The van der Waals surface area contributed by atoms with Gasteiger partial charge in [-0.25, -0.2) is 4.98 Å². The average Bonchev–Trinajstić information content (AvgIpc) is 2.53. The van der Waals surface area contributed by atoms with Crippen LogP contribution < -0.4 is 0 Å². The van der Waals surface area contributed by atoms with Crippen molar-refractivity contribution in [3.05, 3.63) is 29.0 Å². The molecule has 2 nitrogen and oxygen atoms in total. The quantitative estimate of drug-likeness (QED) is 0.716. The molecule has 0 aliphatic heterocycles. The van der Waals surface area contributed by atoms with Crippen LogP contribution in [0.3, 0.4) is 0 Å². The van der Waals surface area contributed by atoms with Gasteiger partial charge >= 0.3 is 0 Å². The molecule has 3 heteroatoms. The van der Waals surface area contributed by atoms with Crippen molar-refractivity contribution in [2.45, 2.75) is 13.3 Å². The van der Waals surface area contributed by atoms with E-state index < -0.39 is 0 Å². The maximum absolute atomic E-state index is 6.08. The standard InChI is InChI=1S/C9H8ClN2/c1-2-6-3-4-7-9(8(6)10)12-5-11-7/h3-4H,2H2,1H3,(H,11,12). The fraction of sp³-hybridized carbons (Fsp3) is 0.222. The zero-order valence-electron chi connectivity index (χ0n) is 6.69. The number of rotatable bonds is 1. The zero-order chi connectivity index (χ0) is 8.55. The molecule has 61 valence electrons. The molecule has 0 saturated carbocycles. The Balaban J connectivity index is 2.78. The second-order valence-corrected chi connectivity index (χ2v) is 3.01. The molecule has 0 aliphatic carbocycles. The number of hydrogen-bond donors (Lipinski definition) is 1. The molecule has 1 aromatic carbocycles. The van der Waals surface area contributed by atoms with Gasteiger partial charge in [0.25, 0.3) is 0 Å². The van der Waals surface area contributed by atoms with Gasteiger partial charge in [0.2, 0.25) is 0 Å². The van der Waals surface area contributed by atoms with Gasteiger partial charge in [0.1, 0.15) is 5.52 Å². The molecular formula is C9H8ClN2. The first kappa shape index (κ1) is 7.62. The highest BCUT2D eigenvalue weighted by molar-refractivity contribution is 6.35. The molecule has 1 radical (unpaired) electrons. The fourth-order valence-corrected chi connectivity index (χ4v) is 1.57. The van der Waals surface area contributed by atoms with E-state index in [9.17, 15) is 0 Å². The number of imidazole rings is 1. The van der Waals surface area contributed by atoms with Crippen molar-refractivity contribution in [1.82, 2.24) is 9.97 Å². The maximum Gasteiger partial charge on any atom is 0.174 e. The van der Waals surface area contributed by atoms with Crippen LogP contribution in [0.4, 0.5) is 0 Å². The predicted molar refractivity (Wildman–Crippen MR) is 49.3 cm³/mol. The van der Waals surface area contributed by atoms with Crippen LogP contribution in [-0.4, -0.2) is 9.97 Å². The summed E-state index contributed by atoms with van der Waals surface area (Å²) in [6.45, 7) is 2.07. The van der Waals surface area contributed by atoms with Crippen LogP contribution in [0.2, 0.25) is 5.02 Å². The minimum absolute atomic E-state index is 0.743. The lowest BCUT2D eigenvalue weighted by atomic mass is 10.1. The van der Waals surface area contributed by atoms with Crippen LogP contribution >= 0.6 is 11.6 Å². The van der Waals surface area contributed by atoms with E-state index in [0.717, 1.165) is 28.0 Å². The number of aryl methyl sites for hydroxylation is 1. The number of halogens is 1. The fourth-order valence-electron chi connectivity index (χ4n) is 1.23. The normalized spacial score (nSPS) is 10.8. The van der Waals surface area contributed by atoms with Gasteiger partial charge in [0, 0.05) is 0 Å². The molecule has 0 bridgehead atoms. The number of hydrogen-bond acceptors (Lipinski definition) is 1. The number of fused-ring (bicyclic) bond motifs is 1. The van der Waals surface area contributed by atoms with Crippen LogP contribution in [0.1, 0.15) is 12.5 Å². The Morgan fingerprint density at radius 1 is 1.58 bits per heavy atom. The van der Waals surface area contributed by atoms with Gasteiger partial charge in [-0.2, -0.15) is 0 Å². The SMILES string of the molecule is CCc1ccc2[nH][c]nc2c1Cl. The lowest BCUT2D eigenvalue weighted by Gasteiger charge is -1.99. The monoisotopic (exact) mass is 179 g/mol. The second-order valence-electron chi connectivity index (χ2n) is 2.64. The number of aromatic nitrogens is 2. The smallest absolute Gasteiger partial charge is 0.174 e. The molecule has 0 amide bonds. The third kappa shape index (κ3) is 0.994. The summed E-state index contributed by atoms with van der Waals surface area (Å²) >= 11 is 6.08. The van der Waals surface area contributed by atoms with Crippen molar-refractivity contribution < 1.29 is 0 Å². The third-order valence-electron chi connectivity index (χ3n) is 1.94. The molecule has 1 N–H and O–H groups in total. The Kier molecular flexibility index (Phi) is 1.77. The highest BCUT2D eigenvalue weighted by Gasteiger charge is 2.05. The predicted octanol–water partition coefficient (Wildman–Crippen LogP) is 2.58. The Bertz CT molecular complexity index is 406. The number of H-pyrrole nitrogens is 1. The summed E-state index contributed by atoms with van der Waals surface area (Å²) in [6, 6.07) is 3.99.